The normalized spacial score (nSPS) is 17.3. The maximum absolute atomic E-state index is 12.7. The summed E-state index contributed by atoms with van der Waals surface area (Å²) in [6, 6.07) is 8.04. The number of nitrogens with one attached hydrogen (secondary N) is 1. The minimum absolute atomic E-state index is 0.0139. The molecule has 0 aliphatic carbocycles. The number of hydrogen-bond acceptors (Lipinski definition) is 5. The second-order valence-corrected chi connectivity index (χ2v) is 9.35. The van der Waals surface area contributed by atoms with Crippen molar-refractivity contribution in [2.24, 2.45) is 0 Å². The number of ether oxygens (including phenoxy) is 1. The van der Waals surface area contributed by atoms with Gasteiger partial charge in [0.1, 0.15) is 0 Å². The lowest BCUT2D eigenvalue weighted by Gasteiger charge is -2.34. The van der Waals surface area contributed by atoms with E-state index in [4.69, 9.17) is 4.74 Å². The van der Waals surface area contributed by atoms with Crippen molar-refractivity contribution >= 4 is 21.4 Å². The molecule has 1 aromatic carbocycles. The fraction of sp³-hybridized carbons (Fsp3) is 0.474. The third kappa shape index (κ3) is 5.14. The third-order valence-corrected chi connectivity index (χ3v) is 6.76. The predicted molar refractivity (Wildman–Crippen MR) is 106 cm³/mol. The van der Waals surface area contributed by atoms with Crippen molar-refractivity contribution < 1.29 is 13.2 Å². The highest BCUT2D eigenvalue weighted by atomic mass is 32.2. The minimum Gasteiger partial charge on any atom is -0.379 e. The summed E-state index contributed by atoms with van der Waals surface area (Å²) in [7, 11) is -3.40. The summed E-state index contributed by atoms with van der Waals surface area (Å²) in [4.78, 5) is 2.30. The largest absolute Gasteiger partial charge is 0.379 e. The monoisotopic (exact) mass is 394 g/mol. The Morgan fingerprint density at radius 1 is 1.23 bits per heavy atom. The summed E-state index contributed by atoms with van der Waals surface area (Å²) in [6.45, 7) is 7.33. The summed E-state index contributed by atoms with van der Waals surface area (Å²) in [5.41, 5.74) is 4.09. The van der Waals surface area contributed by atoms with E-state index in [9.17, 15) is 8.42 Å². The Hall–Kier alpha value is -1.25. The summed E-state index contributed by atoms with van der Waals surface area (Å²) < 4.78 is 33.6. The van der Waals surface area contributed by atoms with Crippen LogP contribution in [0.5, 0.6) is 0 Å². The molecule has 1 saturated heterocycles. The highest BCUT2D eigenvalue weighted by Gasteiger charge is 2.25. The Kier molecular flexibility index (Phi) is 6.47. The number of nitrogens with zero attached hydrogens (tertiary/aromatic N) is 1. The van der Waals surface area contributed by atoms with Crippen LogP contribution in [0.2, 0.25) is 0 Å². The number of aryl methyl sites for hydroxylation is 2. The molecule has 1 aliphatic rings. The highest BCUT2D eigenvalue weighted by Crippen LogP contribution is 2.24. The zero-order chi connectivity index (χ0) is 18.6. The van der Waals surface area contributed by atoms with Crippen LogP contribution in [0.15, 0.2) is 35.0 Å². The highest BCUT2D eigenvalue weighted by molar-refractivity contribution is 7.88. The molecule has 142 valence electrons. The Labute approximate surface area is 160 Å². The van der Waals surface area contributed by atoms with Gasteiger partial charge in [-0.25, -0.2) is 13.1 Å². The Morgan fingerprint density at radius 2 is 2.00 bits per heavy atom. The van der Waals surface area contributed by atoms with Gasteiger partial charge in [0.25, 0.3) is 0 Å². The van der Waals surface area contributed by atoms with Crippen molar-refractivity contribution in [3.8, 4) is 0 Å². The Morgan fingerprint density at radius 3 is 2.69 bits per heavy atom. The van der Waals surface area contributed by atoms with Gasteiger partial charge < -0.3 is 4.74 Å². The van der Waals surface area contributed by atoms with Gasteiger partial charge in [-0.3, -0.25) is 4.90 Å². The predicted octanol–water partition coefficient (Wildman–Crippen LogP) is 2.86. The summed E-state index contributed by atoms with van der Waals surface area (Å²) in [6.07, 6.45) is 0. The van der Waals surface area contributed by atoms with Gasteiger partial charge in [0.15, 0.2) is 0 Å². The lowest BCUT2D eigenvalue weighted by Crippen LogP contribution is -2.43. The van der Waals surface area contributed by atoms with E-state index < -0.39 is 10.0 Å². The lowest BCUT2D eigenvalue weighted by molar-refractivity contribution is 0.0173. The van der Waals surface area contributed by atoms with Gasteiger partial charge in [0, 0.05) is 25.7 Å². The van der Waals surface area contributed by atoms with E-state index in [-0.39, 0.29) is 11.8 Å². The molecule has 1 N–H and O–H groups in total. The van der Waals surface area contributed by atoms with Crippen LogP contribution >= 0.6 is 11.3 Å². The number of thiophene rings is 1. The molecule has 26 heavy (non-hydrogen) atoms. The molecule has 0 spiro atoms. The van der Waals surface area contributed by atoms with Crippen LogP contribution in [0.1, 0.15) is 28.3 Å². The van der Waals surface area contributed by atoms with Crippen LogP contribution in [-0.2, 0) is 20.5 Å². The van der Waals surface area contributed by atoms with E-state index in [0.29, 0.717) is 19.8 Å². The molecule has 0 amide bonds. The second kappa shape index (κ2) is 8.63. The van der Waals surface area contributed by atoms with Crippen molar-refractivity contribution in [1.29, 1.82) is 0 Å². The standard InChI is InChI=1S/C19H26N2O3S2/c1-15-3-4-16(2)18(11-15)14-26(22,23)20-12-19(17-5-10-25-13-17)21-6-8-24-9-7-21/h3-5,10-11,13,19-20H,6-9,12,14H2,1-2H3. The molecule has 1 aliphatic heterocycles. The zero-order valence-corrected chi connectivity index (χ0v) is 16.9. The first-order valence-electron chi connectivity index (χ1n) is 8.82. The first-order chi connectivity index (χ1) is 12.4. The van der Waals surface area contributed by atoms with E-state index in [1.165, 1.54) is 0 Å². The van der Waals surface area contributed by atoms with Crippen LogP contribution < -0.4 is 4.72 Å². The topological polar surface area (TPSA) is 58.6 Å². The number of hydrogen-bond donors (Lipinski definition) is 1. The average Bonchev–Trinajstić information content (AvgIpc) is 3.13. The Bertz CT molecular complexity index is 813. The van der Waals surface area contributed by atoms with E-state index >= 15 is 0 Å². The quantitative estimate of drug-likeness (QED) is 0.785. The van der Waals surface area contributed by atoms with Crippen molar-refractivity contribution in [3.05, 3.63) is 57.3 Å². The summed E-state index contributed by atoms with van der Waals surface area (Å²) in [5.74, 6) is 0.0139. The van der Waals surface area contributed by atoms with Gasteiger partial charge >= 0.3 is 0 Å². The van der Waals surface area contributed by atoms with Crippen molar-refractivity contribution in [2.45, 2.75) is 25.6 Å². The molecule has 7 heteroatoms. The van der Waals surface area contributed by atoms with Crippen LogP contribution in [0.3, 0.4) is 0 Å². The van der Waals surface area contributed by atoms with Crippen LogP contribution in [0, 0.1) is 13.8 Å². The molecule has 2 aromatic rings. The van der Waals surface area contributed by atoms with Crippen LogP contribution in [0.4, 0.5) is 0 Å². The lowest BCUT2D eigenvalue weighted by atomic mass is 10.1. The third-order valence-electron chi connectivity index (χ3n) is 4.76. The maximum atomic E-state index is 12.7. The summed E-state index contributed by atoms with van der Waals surface area (Å²) in [5, 5.41) is 4.13. The molecular formula is C19H26N2O3S2. The fourth-order valence-corrected chi connectivity index (χ4v) is 5.17. The van der Waals surface area contributed by atoms with Gasteiger partial charge in [-0.1, -0.05) is 23.8 Å². The van der Waals surface area contributed by atoms with Gasteiger partial charge in [-0.05, 0) is 47.4 Å². The molecule has 3 rings (SSSR count). The molecule has 1 aromatic heterocycles. The zero-order valence-electron chi connectivity index (χ0n) is 15.3. The van der Waals surface area contributed by atoms with Crippen molar-refractivity contribution in [1.82, 2.24) is 9.62 Å². The van der Waals surface area contributed by atoms with Crippen molar-refractivity contribution in [2.75, 3.05) is 32.8 Å². The molecule has 0 saturated carbocycles. The molecule has 1 atom stereocenters. The Balaban J connectivity index is 1.70. The number of sulfonamides is 1. The molecular weight excluding hydrogens is 368 g/mol. The smallest absolute Gasteiger partial charge is 0.215 e. The molecule has 1 unspecified atom stereocenters. The minimum atomic E-state index is -3.40. The van der Waals surface area contributed by atoms with Gasteiger partial charge in [-0.15, -0.1) is 0 Å². The SMILES string of the molecule is Cc1ccc(C)c(CS(=O)(=O)NCC(c2ccsc2)N2CCOCC2)c1. The van der Waals surface area contributed by atoms with Crippen LogP contribution in [0.25, 0.3) is 0 Å². The first-order valence-corrected chi connectivity index (χ1v) is 11.4. The van der Waals surface area contributed by atoms with Crippen molar-refractivity contribution in [3.63, 3.8) is 0 Å². The van der Waals surface area contributed by atoms with E-state index in [0.717, 1.165) is 35.3 Å². The first kappa shape index (κ1) is 19.5. The van der Waals surface area contributed by atoms with Gasteiger partial charge in [0.05, 0.1) is 19.0 Å². The molecule has 0 bridgehead atoms. The van der Waals surface area contributed by atoms with E-state index in [2.05, 4.69) is 21.1 Å². The van der Waals surface area contributed by atoms with Gasteiger partial charge in [-0.2, -0.15) is 11.3 Å². The second-order valence-electron chi connectivity index (χ2n) is 6.76. The molecule has 2 heterocycles. The fourth-order valence-electron chi connectivity index (χ4n) is 3.23. The number of rotatable bonds is 7. The van der Waals surface area contributed by atoms with Crippen LogP contribution in [-0.4, -0.2) is 46.2 Å². The van der Waals surface area contributed by atoms with Gasteiger partial charge in [0.2, 0.25) is 10.0 Å². The molecule has 1 fully saturated rings. The maximum Gasteiger partial charge on any atom is 0.215 e. The summed E-state index contributed by atoms with van der Waals surface area (Å²) >= 11 is 1.64. The number of morpholine rings is 1. The average molecular weight is 395 g/mol. The van der Waals surface area contributed by atoms with E-state index in [1.807, 2.05) is 37.4 Å². The molecule has 5 nitrogen and oxygen atoms in total. The van der Waals surface area contributed by atoms with E-state index in [1.54, 1.807) is 11.3 Å². The molecule has 0 radical (unpaired) electrons. The number of benzene rings is 1.